The number of aromatic nitrogens is 2. The fraction of sp³-hybridized carbons (Fsp3) is 0.316. The van der Waals surface area contributed by atoms with E-state index in [9.17, 15) is 4.79 Å². The molecule has 0 saturated carbocycles. The minimum absolute atomic E-state index is 0.0714. The van der Waals surface area contributed by atoms with Crippen LogP contribution in [0.15, 0.2) is 41.1 Å². The summed E-state index contributed by atoms with van der Waals surface area (Å²) in [5.41, 5.74) is 2.18. The highest BCUT2D eigenvalue weighted by Gasteiger charge is 2.30. The Morgan fingerprint density at radius 1 is 1.35 bits per heavy atom. The topological polar surface area (TPSA) is 71.3 Å². The predicted octanol–water partition coefficient (Wildman–Crippen LogP) is 4.94. The molecule has 3 aromatic rings. The zero-order valence-corrected chi connectivity index (χ0v) is 15.2. The number of fused-ring (bicyclic) bond motifs is 1. The van der Waals surface area contributed by atoms with Gasteiger partial charge in [0.15, 0.2) is 0 Å². The third-order valence-electron chi connectivity index (χ3n) is 4.71. The molecule has 0 unspecified atom stereocenters. The van der Waals surface area contributed by atoms with Crippen LogP contribution in [-0.4, -0.2) is 27.6 Å². The molecule has 0 radical (unpaired) electrons. The van der Waals surface area contributed by atoms with Gasteiger partial charge in [-0.25, -0.2) is 4.79 Å². The van der Waals surface area contributed by atoms with Crippen molar-refractivity contribution in [3.63, 3.8) is 0 Å². The van der Waals surface area contributed by atoms with E-state index in [-0.39, 0.29) is 12.1 Å². The van der Waals surface area contributed by atoms with Crippen LogP contribution in [0.1, 0.15) is 36.8 Å². The molecule has 1 saturated heterocycles. The molecule has 1 N–H and O–H groups in total. The van der Waals surface area contributed by atoms with Crippen molar-refractivity contribution in [3.05, 3.63) is 53.0 Å². The number of carbonyl (C=O) groups excluding carboxylic acids is 1. The van der Waals surface area contributed by atoms with E-state index in [1.54, 1.807) is 12.3 Å². The van der Waals surface area contributed by atoms with Crippen molar-refractivity contribution in [3.8, 4) is 0 Å². The number of aryl methyl sites for hydroxylation is 1. The van der Waals surface area contributed by atoms with Gasteiger partial charge in [-0.15, -0.1) is 0 Å². The van der Waals surface area contributed by atoms with Gasteiger partial charge in [-0.05, 0) is 50.5 Å². The van der Waals surface area contributed by atoms with Gasteiger partial charge >= 0.3 is 6.03 Å². The summed E-state index contributed by atoms with van der Waals surface area (Å²) < 4.78 is 5.20. The van der Waals surface area contributed by atoms with Crippen molar-refractivity contribution >= 4 is 34.2 Å². The fourth-order valence-electron chi connectivity index (χ4n) is 3.46. The number of piperidine rings is 1. The summed E-state index contributed by atoms with van der Waals surface area (Å²) in [5.74, 6) is 0.751. The maximum Gasteiger partial charge on any atom is 0.322 e. The first-order valence-electron chi connectivity index (χ1n) is 8.67. The van der Waals surface area contributed by atoms with Crippen LogP contribution < -0.4 is 5.32 Å². The number of hydrogen-bond acceptors (Lipinski definition) is 4. The Morgan fingerprint density at radius 3 is 3.04 bits per heavy atom. The number of halogens is 1. The quantitative estimate of drug-likeness (QED) is 0.693. The van der Waals surface area contributed by atoms with Crippen LogP contribution in [0.5, 0.6) is 0 Å². The second-order valence-electron chi connectivity index (χ2n) is 6.49. The number of urea groups is 1. The van der Waals surface area contributed by atoms with Crippen molar-refractivity contribution in [1.82, 2.24) is 15.0 Å². The van der Waals surface area contributed by atoms with E-state index in [1.165, 1.54) is 0 Å². The Kier molecular flexibility index (Phi) is 4.51. The van der Waals surface area contributed by atoms with Crippen LogP contribution in [0.2, 0.25) is 5.02 Å². The molecule has 6 nitrogen and oxygen atoms in total. The van der Waals surface area contributed by atoms with Crippen LogP contribution in [0, 0.1) is 6.92 Å². The van der Waals surface area contributed by atoms with Gasteiger partial charge in [-0.2, -0.15) is 0 Å². The number of nitrogens with zero attached hydrogens (tertiary/aromatic N) is 3. The first-order chi connectivity index (χ1) is 12.6. The Bertz CT molecular complexity index is 956. The van der Waals surface area contributed by atoms with E-state index in [1.807, 2.05) is 36.1 Å². The molecule has 2 aromatic heterocycles. The van der Waals surface area contributed by atoms with Gasteiger partial charge in [-0.3, -0.25) is 4.98 Å². The summed E-state index contributed by atoms with van der Waals surface area (Å²) in [6, 6.07) is 8.97. The van der Waals surface area contributed by atoms with Crippen molar-refractivity contribution in [1.29, 1.82) is 0 Å². The predicted molar refractivity (Wildman–Crippen MR) is 100 cm³/mol. The highest BCUT2D eigenvalue weighted by atomic mass is 35.5. The smallest absolute Gasteiger partial charge is 0.322 e. The molecule has 1 aliphatic rings. The highest BCUT2D eigenvalue weighted by Crippen LogP contribution is 2.32. The average molecular weight is 371 g/mol. The summed E-state index contributed by atoms with van der Waals surface area (Å²) in [4.78, 5) is 19.1. The molecular weight excluding hydrogens is 352 g/mol. The SMILES string of the molecule is Cc1cc([C@H]2CCCCN2C(=O)Nc2ccc(Cl)c3ncccc23)no1. The van der Waals surface area contributed by atoms with Crippen molar-refractivity contribution in [2.75, 3.05) is 11.9 Å². The molecule has 134 valence electrons. The summed E-state index contributed by atoms with van der Waals surface area (Å²) in [5, 5.41) is 8.52. The van der Waals surface area contributed by atoms with E-state index in [2.05, 4.69) is 15.5 Å². The lowest BCUT2D eigenvalue weighted by atomic mass is 9.99. The fourth-order valence-corrected chi connectivity index (χ4v) is 3.67. The van der Waals surface area contributed by atoms with Crippen LogP contribution >= 0.6 is 11.6 Å². The number of carbonyl (C=O) groups is 1. The second kappa shape index (κ2) is 6.96. The summed E-state index contributed by atoms with van der Waals surface area (Å²) >= 11 is 6.22. The zero-order valence-electron chi connectivity index (χ0n) is 14.4. The Labute approximate surface area is 156 Å². The lowest BCUT2D eigenvalue weighted by Crippen LogP contribution is -2.41. The third-order valence-corrected chi connectivity index (χ3v) is 5.02. The number of likely N-dealkylation sites (tertiary alicyclic amines) is 1. The number of benzene rings is 1. The van der Waals surface area contributed by atoms with E-state index in [0.717, 1.165) is 36.1 Å². The molecule has 0 spiro atoms. The van der Waals surface area contributed by atoms with Gasteiger partial charge in [0.1, 0.15) is 11.5 Å². The minimum atomic E-state index is -0.150. The maximum absolute atomic E-state index is 13.0. The number of pyridine rings is 1. The lowest BCUT2D eigenvalue weighted by molar-refractivity contribution is 0.159. The van der Waals surface area contributed by atoms with E-state index < -0.39 is 0 Å². The molecule has 7 heteroatoms. The molecule has 1 aliphatic heterocycles. The van der Waals surface area contributed by atoms with Gasteiger partial charge in [0.2, 0.25) is 0 Å². The first-order valence-corrected chi connectivity index (χ1v) is 9.05. The van der Waals surface area contributed by atoms with Gasteiger partial charge in [0.25, 0.3) is 0 Å². The third kappa shape index (κ3) is 3.12. The van der Waals surface area contributed by atoms with Crippen LogP contribution in [0.4, 0.5) is 10.5 Å². The monoisotopic (exact) mass is 370 g/mol. The molecule has 1 fully saturated rings. The van der Waals surface area contributed by atoms with E-state index in [0.29, 0.717) is 22.8 Å². The van der Waals surface area contributed by atoms with Crippen molar-refractivity contribution in [2.45, 2.75) is 32.2 Å². The number of hydrogen-bond donors (Lipinski definition) is 1. The Balaban J connectivity index is 1.62. The van der Waals surface area contributed by atoms with Crippen LogP contribution in [-0.2, 0) is 0 Å². The summed E-state index contributed by atoms with van der Waals surface area (Å²) in [7, 11) is 0. The number of nitrogens with one attached hydrogen (secondary N) is 1. The van der Waals surface area contributed by atoms with Gasteiger partial charge in [0, 0.05) is 24.2 Å². The van der Waals surface area contributed by atoms with Crippen LogP contribution in [0.3, 0.4) is 0 Å². The molecule has 1 aromatic carbocycles. The molecule has 2 amide bonds. The molecule has 4 rings (SSSR count). The van der Waals surface area contributed by atoms with Gasteiger partial charge in [-0.1, -0.05) is 16.8 Å². The standard InChI is InChI=1S/C19H19ClN4O2/c1-12-11-16(23-26-12)17-6-2-3-10-24(17)19(25)22-15-8-7-14(20)18-13(15)5-4-9-21-18/h4-5,7-9,11,17H,2-3,6,10H2,1H3,(H,22,25)/t17-/m1/s1. The van der Waals surface area contributed by atoms with Gasteiger partial charge in [0.05, 0.1) is 22.3 Å². The van der Waals surface area contributed by atoms with E-state index in [4.69, 9.17) is 16.1 Å². The first kappa shape index (κ1) is 16.8. The normalized spacial score (nSPS) is 17.5. The van der Waals surface area contributed by atoms with Crippen molar-refractivity contribution in [2.24, 2.45) is 0 Å². The molecule has 3 heterocycles. The highest BCUT2D eigenvalue weighted by molar-refractivity contribution is 6.35. The molecular formula is C19H19ClN4O2. The molecule has 0 bridgehead atoms. The maximum atomic E-state index is 13.0. The number of rotatable bonds is 2. The largest absolute Gasteiger partial charge is 0.361 e. The van der Waals surface area contributed by atoms with Gasteiger partial charge < -0.3 is 14.7 Å². The minimum Gasteiger partial charge on any atom is -0.361 e. The summed E-state index contributed by atoms with van der Waals surface area (Å²) in [6.45, 7) is 2.54. The molecule has 26 heavy (non-hydrogen) atoms. The second-order valence-corrected chi connectivity index (χ2v) is 6.90. The Morgan fingerprint density at radius 2 is 2.23 bits per heavy atom. The van der Waals surface area contributed by atoms with E-state index >= 15 is 0 Å². The molecule has 1 atom stereocenters. The summed E-state index contributed by atoms with van der Waals surface area (Å²) in [6.07, 6.45) is 4.60. The lowest BCUT2D eigenvalue weighted by Gasteiger charge is -2.34. The average Bonchev–Trinajstić information content (AvgIpc) is 3.10. The number of anilines is 1. The van der Waals surface area contributed by atoms with Crippen LogP contribution in [0.25, 0.3) is 10.9 Å². The zero-order chi connectivity index (χ0) is 18.1. The number of amides is 2. The molecule has 0 aliphatic carbocycles. The Hall–Kier alpha value is -2.60. The van der Waals surface area contributed by atoms with Crippen molar-refractivity contribution < 1.29 is 9.32 Å².